The molecule has 0 heterocycles. The first kappa shape index (κ1) is 46.6. The Labute approximate surface area is 435 Å². The molecule has 1 heteroatoms. The van der Waals surface area contributed by atoms with Gasteiger partial charge < -0.3 is 4.90 Å². The quantitative estimate of drug-likeness (QED) is 0.147. The molecule has 0 spiro atoms. The van der Waals surface area contributed by atoms with Crippen molar-refractivity contribution in [1.82, 2.24) is 0 Å². The fraction of sp³-hybridized carbons (Fsp3) is 0.222. The van der Waals surface area contributed by atoms with Gasteiger partial charge in [-0.2, -0.15) is 0 Å². The Morgan fingerprint density at radius 2 is 0.890 bits per heavy atom. The molecule has 2 atom stereocenters. The predicted molar refractivity (Wildman–Crippen MR) is 313 cm³/mol. The van der Waals surface area contributed by atoms with E-state index in [1.54, 1.807) is 0 Å². The second-order valence-corrected chi connectivity index (χ2v) is 23.5. The van der Waals surface area contributed by atoms with Crippen LogP contribution >= 0.6 is 0 Å². The first-order chi connectivity index (χ1) is 35.1. The molecule has 4 aliphatic rings. The number of hydrogen-bond donors (Lipinski definition) is 0. The molecule has 73 heavy (non-hydrogen) atoms. The molecule has 0 bridgehead atoms. The summed E-state index contributed by atoms with van der Waals surface area (Å²) in [7, 11) is 0. The molecule has 0 radical (unpaired) electrons. The first-order valence-corrected chi connectivity index (χ1v) is 26.7. The van der Waals surface area contributed by atoms with Crippen molar-refractivity contribution >= 4 is 28.2 Å². The van der Waals surface area contributed by atoms with Crippen LogP contribution in [0.2, 0.25) is 0 Å². The maximum atomic E-state index is 2.49. The molecule has 12 rings (SSSR count). The Balaban J connectivity index is 0.960. The van der Waals surface area contributed by atoms with Crippen LogP contribution in [0.3, 0.4) is 0 Å². The molecule has 2 unspecified atom stereocenters. The van der Waals surface area contributed by atoms with Crippen molar-refractivity contribution in [2.75, 3.05) is 4.90 Å². The number of anilines is 3. The van der Waals surface area contributed by atoms with Crippen LogP contribution < -0.4 is 4.90 Å². The number of fused-ring (bicyclic) bond motifs is 6. The molecule has 8 aromatic rings. The lowest BCUT2D eigenvalue weighted by molar-refractivity contribution is 0.590. The minimum atomic E-state index is -0.274. The van der Waals surface area contributed by atoms with Gasteiger partial charge in [-0.15, -0.1) is 0 Å². The van der Waals surface area contributed by atoms with Crippen molar-refractivity contribution in [1.29, 1.82) is 0 Å². The van der Waals surface area contributed by atoms with E-state index in [1.165, 1.54) is 106 Å². The predicted octanol–water partition coefficient (Wildman–Crippen LogP) is 20.0. The van der Waals surface area contributed by atoms with E-state index in [1.807, 2.05) is 0 Å². The highest BCUT2D eigenvalue weighted by Crippen LogP contribution is 2.57. The molecule has 0 fully saturated rings. The van der Waals surface area contributed by atoms with Crippen LogP contribution in [0.25, 0.3) is 66.8 Å². The zero-order valence-electron chi connectivity index (χ0n) is 44.1. The van der Waals surface area contributed by atoms with Crippen molar-refractivity contribution in [3.05, 3.63) is 245 Å². The summed E-state index contributed by atoms with van der Waals surface area (Å²) in [4.78, 5) is 2.46. The molecule has 0 amide bonds. The summed E-state index contributed by atoms with van der Waals surface area (Å²) in [5, 5.41) is 0. The average Bonchev–Trinajstić information content (AvgIpc) is 3.78. The largest absolute Gasteiger partial charge is 0.310 e. The first-order valence-electron chi connectivity index (χ1n) is 26.7. The van der Waals surface area contributed by atoms with Gasteiger partial charge in [0.05, 0.1) is 0 Å². The van der Waals surface area contributed by atoms with Gasteiger partial charge in [0.1, 0.15) is 0 Å². The Morgan fingerprint density at radius 3 is 1.51 bits per heavy atom. The van der Waals surface area contributed by atoms with Gasteiger partial charge >= 0.3 is 0 Å². The highest BCUT2D eigenvalue weighted by Gasteiger charge is 2.40. The maximum absolute atomic E-state index is 2.49. The lowest BCUT2D eigenvalue weighted by atomic mass is 9.76. The molecular weight excluding hydrogens is 879 g/mol. The summed E-state index contributed by atoms with van der Waals surface area (Å²) in [5.74, 6) is 1.15. The Hall–Kier alpha value is -7.48. The highest BCUT2D eigenvalue weighted by molar-refractivity contribution is 5.98. The summed E-state index contributed by atoms with van der Waals surface area (Å²) >= 11 is 0. The fourth-order valence-corrected chi connectivity index (χ4v) is 12.4. The molecule has 360 valence electrons. The van der Waals surface area contributed by atoms with Crippen molar-refractivity contribution in [3.8, 4) is 55.6 Å². The lowest BCUT2D eigenvalue weighted by Crippen LogP contribution is -2.18. The van der Waals surface area contributed by atoms with Crippen LogP contribution in [-0.4, -0.2) is 0 Å². The number of rotatable bonds is 8. The molecular formula is C72H67N. The molecule has 0 aliphatic heterocycles. The SMILES string of the molecule is CC1C=CC(c2ccc(-c3ccc(N(c4ccc(-c5ccc6c(c5)C(C)(C)c5ccccc5-6)cc4)c4ccc5c(c4)C(C)(C)c4c(C6=CCC(C)C=C6)ccc(-c6ccc(C(C)(C)C)cc6)c4-5)cc3)cc2)=CC1. The molecule has 0 saturated heterocycles. The monoisotopic (exact) mass is 946 g/mol. The van der Waals surface area contributed by atoms with Crippen molar-refractivity contribution in [2.24, 2.45) is 11.8 Å². The topological polar surface area (TPSA) is 3.24 Å². The Bertz CT molecular complexity index is 3580. The van der Waals surface area contributed by atoms with Crippen LogP contribution in [-0.2, 0) is 16.2 Å². The van der Waals surface area contributed by atoms with Crippen LogP contribution in [0.5, 0.6) is 0 Å². The van der Waals surface area contributed by atoms with Crippen molar-refractivity contribution in [2.45, 2.75) is 91.4 Å². The van der Waals surface area contributed by atoms with Gasteiger partial charge in [0.25, 0.3) is 0 Å². The number of benzene rings is 8. The van der Waals surface area contributed by atoms with Gasteiger partial charge in [-0.05, 0) is 178 Å². The zero-order chi connectivity index (χ0) is 50.4. The smallest absolute Gasteiger partial charge is 0.0465 e. The zero-order valence-corrected chi connectivity index (χ0v) is 44.1. The van der Waals surface area contributed by atoms with Crippen molar-refractivity contribution in [3.63, 3.8) is 0 Å². The lowest BCUT2D eigenvalue weighted by Gasteiger charge is -2.29. The Morgan fingerprint density at radius 1 is 0.411 bits per heavy atom. The molecule has 1 nitrogen and oxygen atoms in total. The Kier molecular flexibility index (Phi) is 11.2. The van der Waals surface area contributed by atoms with E-state index in [0.29, 0.717) is 11.8 Å². The third-order valence-electron chi connectivity index (χ3n) is 16.8. The average molecular weight is 946 g/mol. The van der Waals surface area contributed by atoms with E-state index in [0.717, 1.165) is 29.9 Å². The summed E-state index contributed by atoms with van der Waals surface area (Å²) in [6, 6.07) is 64.9. The van der Waals surface area contributed by atoms with Crippen molar-refractivity contribution < 1.29 is 0 Å². The number of nitrogens with zero attached hydrogens (tertiary/aromatic N) is 1. The van der Waals surface area contributed by atoms with Crippen LogP contribution in [0.15, 0.2) is 206 Å². The van der Waals surface area contributed by atoms with E-state index >= 15 is 0 Å². The molecule has 4 aliphatic carbocycles. The number of hydrogen-bond acceptors (Lipinski definition) is 1. The maximum Gasteiger partial charge on any atom is 0.0465 e. The summed E-state index contributed by atoms with van der Waals surface area (Å²) in [6.45, 7) is 21.1. The van der Waals surface area contributed by atoms with Gasteiger partial charge in [0, 0.05) is 27.9 Å². The fourth-order valence-electron chi connectivity index (χ4n) is 12.4. The minimum absolute atomic E-state index is 0.0575. The van der Waals surface area contributed by atoms with E-state index < -0.39 is 0 Å². The van der Waals surface area contributed by atoms with E-state index in [4.69, 9.17) is 0 Å². The normalized spacial score (nSPS) is 17.8. The molecule has 0 saturated carbocycles. The molecule has 8 aromatic carbocycles. The minimum Gasteiger partial charge on any atom is -0.310 e. The van der Waals surface area contributed by atoms with Gasteiger partial charge in [-0.25, -0.2) is 0 Å². The highest BCUT2D eigenvalue weighted by atomic mass is 15.1. The van der Waals surface area contributed by atoms with Gasteiger partial charge in [0.15, 0.2) is 0 Å². The summed E-state index contributed by atoms with van der Waals surface area (Å²) < 4.78 is 0. The van der Waals surface area contributed by atoms with E-state index in [2.05, 4.69) is 274 Å². The summed E-state index contributed by atoms with van der Waals surface area (Å²) in [5.41, 5.74) is 28.1. The van der Waals surface area contributed by atoms with Crippen LogP contribution in [0, 0.1) is 11.8 Å². The molecule has 0 aromatic heterocycles. The third kappa shape index (κ3) is 8.09. The second kappa shape index (κ2) is 17.6. The second-order valence-electron chi connectivity index (χ2n) is 23.5. The number of allylic oxidation sites excluding steroid dienone is 8. The van der Waals surface area contributed by atoms with Gasteiger partial charge in [-0.1, -0.05) is 226 Å². The van der Waals surface area contributed by atoms with Crippen LogP contribution in [0.1, 0.15) is 114 Å². The van der Waals surface area contributed by atoms with E-state index in [-0.39, 0.29) is 16.2 Å². The van der Waals surface area contributed by atoms with Gasteiger partial charge in [-0.3, -0.25) is 0 Å². The van der Waals surface area contributed by atoms with Gasteiger partial charge in [0.2, 0.25) is 0 Å². The molecule has 0 N–H and O–H groups in total. The van der Waals surface area contributed by atoms with Crippen LogP contribution in [0.4, 0.5) is 17.1 Å². The standard InChI is InChI=1S/C72H67N/c1-46-14-18-48(19-15-46)49-22-24-50(25-23-49)51-28-35-57(36-29-51)73(58-37-30-52(31-38-58)55-32-40-63-62-12-10-11-13-65(62)71(6,7)66(63)44-55)59-39-41-64-67(45-59)72(8,9)69-61(54-20-16-47(2)17-21-54)43-42-60(68(64)69)53-26-33-56(34-27-53)70(3,4)5/h10-14,16,18-47H,15,17H2,1-9H3. The third-order valence-corrected chi connectivity index (χ3v) is 16.8. The summed E-state index contributed by atoms with van der Waals surface area (Å²) in [6.07, 6.45) is 16.3. The van der Waals surface area contributed by atoms with E-state index in [9.17, 15) is 0 Å².